The van der Waals surface area contributed by atoms with E-state index in [0.29, 0.717) is 0 Å². The van der Waals surface area contributed by atoms with Gasteiger partial charge in [0.05, 0.1) is 0 Å². The van der Waals surface area contributed by atoms with E-state index in [9.17, 15) is 0 Å². The van der Waals surface area contributed by atoms with Gasteiger partial charge in [-0.15, -0.1) is 0 Å². The summed E-state index contributed by atoms with van der Waals surface area (Å²) in [5.74, 6) is 0.921. The Hall–Kier alpha value is -0.120. The maximum absolute atomic E-state index is 3.14. The van der Waals surface area contributed by atoms with Crippen LogP contribution in [0.25, 0.3) is 0 Å². The second-order valence-electron chi connectivity index (χ2n) is 3.59. The Morgan fingerprint density at radius 3 is 2.55 bits per heavy atom. The third-order valence-electron chi connectivity index (χ3n) is 2.26. The number of hydrogen-bond donors (Lipinski definition) is 1. The van der Waals surface area contributed by atoms with Gasteiger partial charge in [-0.1, -0.05) is 0 Å². The average molecular weight is 157 g/mol. The molecule has 0 atom stereocenters. The van der Waals surface area contributed by atoms with Gasteiger partial charge in [-0.3, -0.25) is 5.43 Å². The van der Waals surface area contributed by atoms with E-state index in [1.54, 1.807) is 0 Å². The van der Waals surface area contributed by atoms with Crippen LogP contribution in [0.3, 0.4) is 0 Å². The van der Waals surface area contributed by atoms with E-state index in [0.717, 1.165) is 5.92 Å². The number of rotatable bonds is 4. The first kappa shape index (κ1) is 8.97. The highest BCUT2D eigenvalue weighted by atomic mass is 15.5. The summed E-state index contributed by atoms with van der Waals surface area (Å²) < 4.78 is 0. The summed E-state index contributed by atoms with van der Waals surface area (Å²) in [4.78, 5) is 2.25. The minimum absolute atomic E-state index is 0.921. The van der Waals surface area contributed by atoms with Crippen LogP contribution in [0.1, 0.15) is 6.42 Å². The highest BCUT2D eigenvalue weighted by molar-refractivity contribution is 4.76. The lowest BCUT2D eigenvalue weighted by Crippen LogP contribution is -2.53. The van der Waals surface area contributed by atoms with Crippen molar-refractivity contribution in [2.75, 3.05) is 40.8 Å². The molecule has 3 heteroatoms. The van der Waals surface area contributed by atoms with Crippen molar-refractivity contribution in [3.05, 3.63) is 0 Å². The van der Waals surface area contributed by atoms with Crippen molar-refractivity contribution in [2.24, 2.45) is 5.92 Å². The molecule has 1 aliphatic rings. The summed E-state index contributed by atoms with van der Waals surface area (Å²) in [5, 5.41) is 2.25. The molecule has 0 amide bonds. The smallest absolute Gasteiger partial charge is 0.0172 e. The summed E-state index contributed by atoms with van der Waals surface area (Å²) in [5.41, 5.74) is 3.14. The normalized spacial score (nSPS) is 20.7. The van der Waals surface area contributed by atoms with E-state index in [2.05, 4.69) is 29.4 Å². The van der Waals surface area contributed by atoms with Crippen LogP contribution in [0.4, 0.5) is 0 Å². The molecule has 0 spiro atoms. The summed E-state index contributed by atoms with van der Waals surface area (Å²) in [6, 6.07) is 0. The zero-order chi connectivity index (χ0) is 8.27. The van der Waals surface area contributed by atoms with Crippen molar-refractivity contribution >= 4 is 0 Å². The molecule has 0 unspecified atom stereocenters. The van der Waals surface area contributed by atoms with Crippen LogP contribution in [0.15, 0.2) is 0 Å². The Morgan fingerprint density at radius 1 is 1.45 bits per heavy atom. The van der Waals surface area contributed by atoms with Crippen molar-refractivity contribution in [3.63, 3.8) is 0 Å². The molecule has 0 saturated carbocycles. The minimum Gasteiger partial charge on any atom is -0.309 e. The summed E-state index contributed by atoms with van der Waals surface area (Å²) >= 11 is 0. The summed E-state index contributed by atoms with van der Waals surface area (Å²) in [6.07, 6.45) is 1.34. The Morgan fingerprint density at radius 2 is 2.09 bits per heavy atom. The van der Waals surface area contributed by atoms with E-state index >= 15 is 0 Å². The predicted molar refractivity (Wildman–Crippen MR) is 47.3 cm³/mol. The standard InChI is InChI=1S/C8H19N3/c1-9-11-6-8(7-11)4-5-10(2)3/h8-9H,4-7H2,1-3H3. The lowest BCUT2D eigenvalue weighted by Gasteiger charge is -2.38. The number of nitrogens with zero attached hydrogens (tertiary/aromatic N) is 2. The molecule has 0 radical (unpaired) electrons. The van der Waals surface area contributed by atoms with Gasteiger partial charge >= 0.3 is 0 Å². The van der Waals surface area contributed by atoms with Gasteiger partial charge in [0.2, 0.25) is 0 Å². The molecule has 1 heterocycles. The fraction of sp³-hybridized carbons (Fsp3) is 1.00. The molecule has 1 fully saturated rings. The quantitative estimate of drug-likeness (QED) is 0.620. The van der Waals surface area contributed by atoms with Crippen LogP contribution in [0, 0.1) is 5.92 Å². The molecule has 1 aliphatic heterocycles. The van der Waals surface area contributed by atoms with Gasteiger partial charge in [-0.25, -0.2) is 5.01 Å². The fourth-order valence-corrected chi connectivity index (χ4v) is 1.38. The molecule has 1 rings (SSSR count). The number of hydrazine groups is 1. The molecule has 11 heavy (non-hydrogen) atoms. The van der Waals surface area contributed by atoms with Crippen molar-refractivity contribution in [1.82, 2.24) is 15.3 Å². The van der Waals surface area contributed by atoms with Crippen molar-refractivity contribution < 1.29 is 0 Å². The molecule has 0 bridgehead atoms. The molecule has 0 aromatic heterocycles. The second kappa shape index (κ2) is 4.04. The molecular weight excluding hydrogens is 138 g/mol. The van der Waals surface area contributed by atoms with E-state index in [-0.39, 0.29) is 0 Å². The first-order valence-electron chi connectivity index (χ1n) is 4.29. The third kappa shape index (κ3) is 2.77. The van der Waals surface area contributed by atoms with Gasteiger partial charge in [0.25, 0.3) is 0 Å². The van der Waals surface area contributed by atoms with Crippen LogP contribution in [0.2, 0.25) is 0 Å². The predicted octanol–water partition coefficient (Wildman–Crippen LogP) is 0.00430. The number of nitrogens with one attached hydrogen (secondary N) is 1. The highest BCUT2D eigenvalue weighted by Crippen LogP contribution is 2.15. The Kier molecular flexibility index (Phi) is 3.30. The van der Waals surface area contributed by atoms with Gasteiger partial charge in [0.1, 0.15) is 0 Å². The van der Waals surface area contributed by atoms with E-state index in [1.165, 1.54) is 26.1 Å². The summed E-state index contributed by atoms with van der Waals surface area (Å²) in [7, 11) is 6.26. The van der Waals surface area contributed by atoms with Crippen molar-refractivity contribution in [3.8, 4) is 0 Å². The van der Waals surface area contributed by atoms with Crippen molar-refractivity contribution in [1.29, 1.82) is 0 Å². The minimum atomic E-state index is 0.921. The zero-order valence-corrected chi connectivity index (χ0v) is 7.80. The molecule has 0 aromatic rings. The second-order valence-corrected chi connectivity index (χ2v) is 3.59. The van der Waals surface area contributed by atoms with E-state index < -0.39 is 0 Å². The van der Waals surface area contributed by atoms with Gasteiger partial charge in [-0.05, 0) is 40.0 Å². The average Bonchev–Trinajstić information content (AvgIpc) is 1.84. The largest absolute Gasteiger partial charge is 0.309 e. The highest BCUT2D eigenvalue weighted by Gasteiger charge is 2.24. The van der Waals surface area contributed by atoms with Crippen molar-refractivity contribution in [2.45, 2.75) is 6.42 Å². The topological polar surface area (TPSA) is 18.5 Å². The lowest BCUT2D eigenvalue weighted by atomic mass is 9.98. The van der Waals surface area contributed by atoms with Gasteiger partial charge < -0.3 is 4.90 Å². The first-order valence-corrected chi connectivity index (χ1v) is 4.29. The first-order chi connectivity index (χ1) is 5.22. The van der Waals surface area contributed by atoms with Gasteiger partial charge in [0.15, 0.2) is 0 Å². The molecule has 0 aromatic carbocycles. The van der Waals surface area contributed by atoms with Crippen LogP contribution in [-0.4, -0.2) is 50.7 Å². The Labute approximate surface area is 69.3 Å². The number of hydrogen-bond acceptors (Lipinski definition) is 3. The van der Waals surface area contributed by atoms with Crippen LogP contribution < -0.4 is 5.43 Å². The SMILES string of the molecule is CNN1CC(CCN(C)C)C1. The molecule has 0 aliphatic carbocycles. The van der Waals surface area contributed by atoms with E-state index in [4.69, 9.17) is 0 Å². The molecule has 1 saturated heterocycles. The maximum Gasteiger partial charge on any atom is 0.0172 e. The molecule has 66 valence electrons. The van der Waals surface area contributed by atoms with Crippen LogP contribution >= 0.6 is 0 Å². The van der Waals surface area contributed by atoms with Crippen LogP contribution in [0.5, 0.6) is 0 Å². The van der Waals surface area contributed by atoms with Gasteiger partial charge in [0, 0.05) is 13.1 Å². The Bertz CT molecular complexity index is 108. The molecule has 1 N–H and O–H groups in total. The summed E-state index contributed by atoms with van der Waals surface area (Å²) in [6.45, 7) is 3.68. The van der Waals surface area contributed by atoms with E-state index in [1.807, 2.05) is 7.05 Å². The lowest BCUT2D eigenvalue weighted by molar-refractivity contribution is 0.0462. The Balaban J connectivity index is 1.96. The molecule has 3 nitrogen and oxygen atoms in total. The molecular formula is C8H19N3. The monoisotopic (exact) mass is 157 g/mol. The van der Waals surface area contributed by atoms with Crippen LogP contribution in [-0.2, 0) is 0 Å². The van der Waals surface area contributed by atoms with Gasteiger partial charge in [-0.2, -0.15) is 0 Å². The zero-order valence-electron chi connectivity index (χ0n) is 7.80. The third-order valence-corrected chi connectivity index (χ3v) is 2.26. The fourth-order valence-electron chi connectivity index (χ4n) is 1.38. The maximum atomic E-state index is 3.14.